The Labute approximate surface area is 175 Å². The van der Waals surface area contributed by atoms with Gasteiger partial charge in [-0.25, -0.2) is 27.7 Å². The molecule has 2 heterocycles. The molecule has 0 bridgehead atoms. The summed E-state index contributed by atoms with van der Waals surface area (Å²) in [5, 5.41) is 21.5. The molecule has 4 aromatic rings. The van der Waals surface area contributed by atoms with E-state index in [2.05, 4.69) is 34.9 Å². The van der Waals surface area contributed by atoms with Gasteiger partial charge in [-0.05, 0) is 66.6 Å². The highest BCUT2D eigenvalue weighted by atomic mass is 32.2. The van der Waals surface area contributed by atoms with Crippen LogP contribution >= 0.6 is 0 Å². The number of aryl methyl sites for hydroxylation is 2. The van der Waals surface area contributed by atoms with E-state index in [1.807, 2.05) is 0 Å². The normalized spacial score (nSPS) is 11.4. The molecule has 0 aliphatic rings. The molecule has 0 unspecified atom stereocenters. The summed E-state index contributed by atoms with van der Waals surface area (Å²) >= 11 is 0. The fourth-order valence-electron chi connectivity index (χ4n) is 2.95. The number of fused-ring (bicyclic) bond motifs is 1. The second kappa shape index (κ2) is 7.60. The zero-order valence-electron chi connectivity index (χ0n) is 16.2. The van der Waals surface area contributed by atoms with Crippen molar-refractivity contribution >= 4 is 44.1 Å². The second-order valence-corrected chi connectivity index (χ2v) is 8.26. The topological polar surface area (TPSA) is 166 Å². The van der Waals surface area contributed by atoms with Crippen LogP contribution in [0.4, 0.5) is 23.0 Å². The molecule has 0 spiro atoms. The third-order valence-electron chi connectivity index (χ3n) is 4.24. The van der Waals surface area contributed by atoms with Crippen molar-refractivity contribution in [1.29, 1.82) is 0 Å². The van der Waals surface area contributed by atoms with Crippen molar-refractivity contribution in [3.05, 3.63) is 64.0 Å². The Kier molecular flexibility index (Phi) is 4.94. The van der Waals surface area contributed by atoms with Crippen molar-refractivity contribution in [2.75, 3.05) is 10.0 Å². The Balaban J connectivity index is 1.59. The summed E-state index contributed by atoms with van der Waals surface area (Å²) in [5.41, 5.74) is 1.80. The maximum absolute atomic E-state index is 12.6. The molecule has 0 aliphatic heterocycles. The minimum absolute atomic E-state index is 0.00634. The number of anilines is 3. The van der Waals surface area contributed by atoms with Crippen molar-refractivity contribution in [2.45, 2.75) is 18.7 Å². The number of nitrogens with zero attached hydrogens (tertiary/aromatic N) is 5. The number of hydrogen-bond acceptors (Lipinski definition) is 10. The van der Waals surface area contributed by atoms with E-state index < -0.39 is 14.9 Å². The molecule has 12 nitrogen and oxygen atoms in total. The fourth-order valence-corrected chi connectivity index (χ4v) is 3.89. The van der Waals surface area contributed by atoms with E-state index in [0.29, 0.717) is 17.1 Å². The van der Waals surface area contributed by atoms with E-state index in [1.165, 1.54) is 36.4 Å². The van der Waals surface area contributed by atoms with Crippen molar-refractivity contribution in [3.8, 4) is 0 Å². The van der Waals surface area contributed by atoms with Crippen LogP contribution in [0.15, 0.2) is 52.0 Å². The van der Waals surface area contributed by atoms with Crippen LogP contribution < -0.4 is 10.0 Å². The molecule has 0 radical (unpaired) electrons. The first kappa shape index (κ1) is 20.2. The number of nitro groups is 1. The van der Waals surface area contributed by atoms with Gasteiger partial charge in [0.1, 0.15) is 11.2 Å². The summed E-state index contributed by atoms with van der Waals surface area (Å²) in [6, 6.07) is 10.4. The minimum atomic E-state index is -3.92. The van der Waals surface area contributed by atoms with Crippen molar-refractivity contribution in [1.82, 2.24) is 20.3 Å². The van der Waals surface area contributed by atoms with Gasteiger partial charge in [0.05, 0.1) is 9.82 Å². The van der Waals surface area contributed by atoms with Crippen LogP contribution in [0.3, 0.4) is 0 Å². The molecule has 2 N–H and O–H groups in total. The smallest absolute Gasteiger partial charge is 0.323 e. The summed E-state index contributed by atoms with van der Waals surface area (Å²) in [4.78, 5) is 19.0. The quantitative estimate of drug-likeness (QED) is 0.335. The lowest BCUT2D eigenvalue weighted by atomic mass is 10.2. The first-order valence-corrected chi connectivity index (χ1v) is 10.3. The molecule has 0 saturated heterocycles. The van der Waals surface area contributed by atoms with Crippen LogP contribution in [0.25, 0.3) is 11.0 Å². The molecule has 2 aromatic carbocycles. The molecule has 158 valence electrons. The Hall–Kier alpha value is -4.13. The minimum Gasteiger partial charge on any atom is -0.350 e. The fraction of sp³-hybridized carbons (Fsp3) is 0.111. The SMILES string of the molecule is Cc1cc(C)nc(NS(=O)(=O)c2ccc(Nc3ccc4nonc4c3[N+](=O)[O-])cc2)n1. The van der Waals surface area contributed by atoms with Gasteiger partial charge in [0.25, 0.3) is 10.0 Å². The van der Waals surface area contributed by atoms with Crippen molar-refractivity contribution < 1.29 is 18.0 Å². The number of benzene rings is 2. The zero-order chi connectivity index (χ0) is 22.2. The highest BCUT2D eigenvalue weighted by Crippen LogP contribution is 2.33. The van der Waals surface area contributed by atoms with E-state index >= 15 is 0 Å². The summed E-state index contributed by atoms with van der Waals surface area (Å²) in [7, 11) is -3.92. The van der Waals surface area contributed by atoms with Crippen molar-refractivity contribution in [3.63, 3.8) is 0 Å². The number of aromatic nitrogens is 4. The molecular formula is C18H15N7O5S. The Morgan fingerprint density at radius 3 is 2.32 bits per heavy atom. The number of hydrogen-bond donors (Lipinski definition) is 2. The van der Waals surface area contributed by atoms with Gasteiger partial charge in [-0.2, -0.15) is 0 Å². The number of nitro benzene ring substituents is 1. The average molecular weight is 441 g/mol. The summed E-state index contributed by atoms with van der Waals surface area (Å²) in [5.74, 6) is -0.0233. The predicted molar refractivity (Wildman–Crippen MR) is 110 cm³/mol. The highest BCUT2D eigenvalue weighted by Gasteiger charge is 2.23. The van der Waals surface area contributed by atoms with Gasteiger partial charge < -0.3 is 5.32 Å². The maximum Gasteiger partial charge on any atom is 0.323 e. The number of rotatable bonds is 6. The first-order chi connectivity index (χ1) is 14.7. The van der Waals surface area contributed by atoms with Crippen LogP contribution in [-0.2, 0) is 10.0 Å². The van der Waals surface area contributed by atoms with Crippen molar-refractivity contribution in [2.24, 2.45) is 0 Å². The standard InChI is InChI=1S/C18H15N7O5S/c1-10-9-11(2)20-18(19-10)24-31(28,29)13-5-3-12(4-6-13)21-15-8-7-14-16(23-30-22-14)17(15)25(26)27/h3-9,21H,1-2H3,(H,19,20,24). The lowest BCUT2D eigenvalue weighted by molar-refractivity contribution is -0.382. The summed E-state index contributed by atoms with van der Waals surface area (Å²) in [6.07, 6.45) is 0. The molecule has 4 rings (SSSR count). The molecule has 0 amide bonds. The summed E-state index contributed by atoms with van der Waals surface area (Å²) < 4.78 is 32.2. The van der Waals surface area contributed by atoms with Crippen LogP contribution in [0.1, 0.15) is 11.4 Å². The summed E-state index contributed by atoms with van der Waals surface area (Å²) in [6.45, 7) is 3.47. The zero-order valence-corrected chi connectivity index (χ0v) is 17.0. The van der Waals surface area contributed by atoms with E-state index in [1.54, 1.807) is 19.9 Å². The van der Waals surface area contributed by atoms with Crippen LogP contribution in [0, 0.1) is 24.0 Å². The lowest BCUT2D eigenvalue weighted by Gasteiger charge is -2.10. The molecule has 0 fully saturated rings. The Bertz CT molecular complexity index is 1380. The molecular weight excluding hydrogens is 426 g/mol. The Morgan fingerprint density at radius 2 is 1.68 bits per heavy atom. The van der Waals surface area contributed by atoms with Gasteiger partial charge in [0, 0.05) is 17.1 Å². The molecule has 0 atom stereocenters. The largest absolute Gasteiger partial charge is 0.350 e. The number of sulfonamides is 1. The van der Waals surface area contributed by atoms with Crippen LogP contribution in [0.5, 0.6) is 0 Å². The van der Waals surface area contributed by atoms with Gasteiger partial charge in [-0.15, -0.1) is 0 Å². The molecule has 0 aliphatic carbocycles. The maximum atomic E-state index is 12.6. The monoisotopic (exact) mass is 441 g/mol. The molecule has 0 saturated carbocycles. The van der Waals surface area contributed by atoms with Crippen LogP contribution in [0.2, 0.25) is 0 Å². The first-order valence-electron chi connectivity index (χ1n) is 8.85. The number of nitrogens with one attached hydrogen (secondary N) is 2. The van der Waals surface area contributed by atoms with Gasteiger partial charge in [0.15, 0.2) is 0 Å². The third kappa shape index (κ3) is 4.11. The van der Waals surface area contributed by atoms with Gasteiger partial charge in [-0.3, -0.25) is 10.1 Å². The lowest BCUT2D eigenvalue weighted by Crippen LogP contribution is -2.15. The van der Waals surface area contributed by atoms with Gasteiger partial charge >= 0.3 is 5.69 Å². The highest BCUT2D eigenvalue weighted by molar-refractivity contribution is 7.92. The van der Waals surface area contributed by atoms with E-state index in [9.17, 15) is 18.5 Å². The molecule has 31 heavy (non-hydrogen) atoms. The van der Waals surface area contributed by atoms with Crippen LogP contribution in [-0.4, -0.2) is 33.6 Å². The second-order valence-electron chi connectivity index (χ2n) is 6.58. The molecule has 13 heteroatoms. The average Bonchev–Trinajstić information content (AvgIpc) is 3.15. The van der Waals surface area contributed by atoms with Gasteiger partial charge in [-0.1, -0.05) is 0 Å². The molecule has 2 aromatic heterocycles. The third-order valence-corrected chi connectivity index (χ3v) is 5.58. The van der Waals surface area contributed by atoms with E-state index in [-0.39, 0.29) is 33.3 Å². The Morgan fingerprint density at radius 1 is 1.00 bits per heavy atom. The van der Waals surface area contributed by atoms with E-state index in [0.717, 1.165) is 0 Å². The van der Waals surface area contributed by atoms with Gasteiger partial charge in [0.2, 0.25) is 11.5 Å². The predicted octanol–water partition coefficient (Wildman–Crippen LogP) is 3.08. The van der Waals surface area contributed by atoms with E-state index in [4.69, 9.17) is 0 Å².